The molecule has 0 aromatic heterocycles. The van der Waals surface area contributed by atoms with Crippen LogP contribution in [0.1, 0.15) is 10.4 Å². The zero-order valence-corrected chi connectivity index (χ0v) is 8.46. The Morgan fingerprint density at radius 3 is 2.75 bits per heavy atom. The van der Waals surface area contributed by atoms with Crippen molar-refractivity contribution in [2.75, 3.05) is 7.11 Å². The van der Waals surface area contributed by atoms with Gasteiger partial charge in [-0.25, -0.2) is 4.39 Å². The lowest BCUT2D eigenvalue weighted by Gasteiger charge is -2.04. The van der Waals surface area contributed by atoms with Crippen LogP contribution in [-0.2, 0) is 0 Å². The van der Waals surface area contributed by atoms with Crippen LogP contribution in [0.15, 0.2) is 12.1 Å². The summed E-state index contributed by atoms with van der Waals surface area (Å²) >= 11 is 1.82. The maximum absolute atomic E-state index is 13.1. The van der Waals surface area contributed by atoms with Crippen LogP contribution in [-0.4, -0.2) is 13.4 Å². The van der Waals surface area contributed by atoms with Gasteiger partial charge in [-0.2, -0.15) is 0 Å². The van der Waals surface area contributed by atoms with Crippen molar-refractivity contribution in [3.63, 3.8) is 0 Å². The number of benzene rings is 1. The van der Waals surface area contributed by atoms with Gasteiger partial charge >= 0.3 is 0 Å². The van der Waals surface area contributed by atoms with Crippen LogP contribution in [0.3, 0.4) is 0 Å². The third-order valence-electron chi connectivity index (χ3n) is 1.43. The number of hydrogen-bond donors (Lipinski definition) is 0. The first-order valence-electron chi connectivity index (χ1n) is 3.18. The minimum absolute atomic E-state index is 0.0237. The summed E-state index contributed by atoms with van der Waals surface area (Å²) in [6.45, 7) is 0. The highest BCUT2D eigenvalue weighted by atomic mass is 127. The molecule has 2 nitrogen and oxygen atoms in total. The SMILES string of the molecule is COc1ccc(I)c(F)c1C=O. The highest BCUT2D eigenvalue weighted by molar-refractivity contribution is 14.1. The second-order valence-electron chi connectivity index (χ2n) is 2.10. The molecule has 0 aliphatic carbocycles. The number of carbonyl (C=O) groups is 1. The fraction of sp³-hybridized carbons (Fsp3) is 0.125. The van der Waals surface area contributed by atoms with Gasteiger partial charge in [-0.1, -0.05) is 0 Å². The highest BCUT2D eigenvalue weighted by Crippen LogP contribution is 2.23. The van der Waals surface area contributed by atoms with Crippen LogP contribution in [0.4, 0.5) is 4.39 Å². The summed E-state index contributed by atoms with van der Waals surface area (Å²) in [6, 6.07) is 3.12. The molecule has 1 rings (SSSR count). The monoisotopic (exact) mass is 280 g/mol. The van der Waals surface area contributed by atoms with Crippen LogP contribution in [0, 0.1) is 9.39 Å². The van der Waals surface area contributed by atoms with Crippen molar-refractivity contribution in [3.05, 3.63) is 27.1 Å². The molecule has 0 atom stereocenters. The number of halogens is 2. The van der Waals surface area contributed by atoms with E-state index in [0.717, 1.165) is 0 Å². The molecule has 0 bridgehead atoms. The zero-order valence-electron chi connectivity index (χ0n) is 6.30. The Bertz CT molecular complexity index is 312. The molecule has 0 saturated heterocycles. The third-order valence-corrected chi connectivity index (χ3v) is 2.26. The van der Waals surface area contributed by atoms with Crippen molar-refractivity contribution in [2.24, 2.45) is 0 Å². The molecule has 0 aliphatic heterocycles. The summed E-state index contributed by atoms with van der Waals surface area (Å²) in [5, 5.41) is 0. The fourth-order valence-electron chi connectivity index (χ4n) is 0.836. The van der Waals surface area contributed by atoms with Gasteiger partial charge in [0, 0.05) is 3.57 Å². The summed E-state index contributed by atoms with van der Waals surface area (Å²) in [7, 11) is 1.40. The van der Waals surface area contributed by atoms with E-state index < -0.39 is 5.82 Å². The van der Waals surface area contributed by atoms with Gasteiger partial charge in [-0.05, 0) is 34.7 Å². The van der Waals surface area contributed by atoms with E-state index in [1.165, 1.54) is 7.11 Å². The van der Waals surface area contributed by atoms with E-state index in [-0.39, 0.29) is 11.3 Å². The maximum atomic E-state index is 13.1. The van der Waals surface area contributed by atoms with Crippen molar-refractivity contribution < 1.29 is 13.9 Å². The van der Waals surface area contributed by atoms with E-state index in [1.807, 2.05) is 22.6 Å². The number of methoxy groups -OCH3 is 1. The molecule has 1 aromatic rings. The first-order valence-corrected chi connectivity index (χ1v) is 4.25. The minimum atomic E-state index is -0.523. The Kier molecular flexibility index (Phi) is 3.02. The van der Waals surface area contributed by atoms with Crippen LogP contribution < -0.4 is 4.74 Å². The smallest absolute Gasteiger partial charge is 0.156 e. The quantitative estimate of drug-likeness (QED) is 0.613. The van der Waals surface area contributed by atoms with Crippen molar-refractivity contribution in [1.29, 1.82) is 0 Å². The maximum Gasteiger partial charge on any atom is 0.156 e. The summed E-state index contributed by atoms with van der Waals surface area (Å²) < 4.78 is 18.3. The second kappa shape index (κ2) is 3.84. The van der Waals surface area contributed by atoms with Crippen LogP contribution in [0.2, 0.25) is 0 Å². The summed E-state index contributed by atoms with van der Waals surface area (Å²) in [5.74, 6) is -0.257. The molecule has 0 unspecified atom stereocenters. The third kappa shape index (κ3) is 1.57. The van der Waals surface area contributed by atoms with Gasteiger partial charge in [0.2, 0.25) is 0 Å². The molecule has 0 radical (unpaired) electrons. The van der Waals surface area contributed by atoms with Crippen LogP contribution in [0.25, 0.3) is 0 Å². The standard InChI is InChI=1S/C8H6FIO2/c1-12-7-3-2-6(10)8(9)5(7)4-11/h2-4H,1H3. The molecule has 0 heterocycles. The first-order chi connectivity index (χ1) is 5.70. The summed E-state index contributed by atoms with van der Waals surface area (Å²) in [5.41, 5.74) is -0.0237. The molecule has 12 heavy (non-hydrogen) atoms. The van der Waals surface area contributed by atoms with E-state index in [0.29, 0.717) is 9.86 Å². The van der Waals surface area contributed by atoms with Crippen molar-refractivity contribution in [2.45, 2.75) is 0 Å². The Labute approximate surface area is 82.9 Å². The largest absolute Gasteiger partial charge is 0.496 e. The molecule has 4 heteroatoms. The van der Waals surface area contributed by atoms with Gasteiger partial charge in [0.1, 0.15) is 5.75 Å². The van der Waals surface area contributed by atoms with Gasteiger partial charge in [0.05, 0.1) is 12.7 Å². The Morgan fingerprint density at radius 2 is 2.25 bits per heavy atom. The van der Waals surface area contributed by atoms with Gasteiger partial charge < -0.3 is 4.74 Å². The predicted molar refractivity (Wildman–Crippen MR) is 51.1 cm³/mol. The summed E-state index contributed by atoms with van der Waals surface area (Å²) in [4.78, 5) is 10.4. The second-order valence-corrected chi connectivity index (χ2v) is 3.26. The fourth-order valence-corrected chi connectivity index (χ4v) is 1.31. The number of hydrogen-bond acceptors (Lipinski definition) is 2. The molecule has 0 N–H and O–H groups in total. The molecular weight excluding hydrogens is 274 g/mol. The number of ether oxygens (including phenoxy) is 1. The van der Waals surface area contributed by atoms with E-state index >= 15 is 0 Å². The molecule has 0 amide bonds. The molecular formula is C8H6FIO2. The highest BCUT2D eigenvalue weighted by Gasteiger charge is 2.10. The lowest BCUT2D eigenvalue weighted by molar-refractivity contribution is 0.111. The van der Waals surface area contributed by atoms with E-state index in [9.17, 15) is 9.18 Å². The molecule has 1 aromatic carbocycles. The normalized spacial score (nSPS) is 9.58. The Balaban J connectivity index is 3.35. The van der Waals surface area contributed by atoms with Crippen LogP contribution >= 0.6 is 22.6 Å². The van der Waals surface area contributed by atoms with Crippen molar-refractivity contribution >= 4 is 28.9 Å². The topological polar surface area (TPSA) is 26.3 Å². The predicted octanol–water partition coefficient (Wildman–Crippen LogP) is 2.25. The van der Waals surface area contributed by atoms with Gasteiger partial charge in [0.15, 0.2) is 12.1 Å². The summed E-state index contributed by atoms with van der Waals surface area (Å²) in [6.07, 6.45) is 0.455. The van der Waals surface area contributed by atoms with Gasteiger partial charge in [-0.3, -0.25) is 4.79 Å². The van der Waals surface area contributed by atoms with Gasteiger partial charge in [0.25, 0.3) is 0 Å². The first kappa shape index (κ1) is 9.44. The van der Waals surface area contributed by atoms with E-state index in [4.69, 9.17) is 4.74 Å². The molecule has 0 saturated carbocycles. The zero-order chi connectivity index (χ0) is 9.14. The molecule has 0 spiro atoms. The van der Waals surface area contributed by atoms with Crippen LogP contribution in [0.5, 0.6) is 5.75 Å². The van der Waals surface area contributed by atoms with E-state index in [1.54, 1.807) is 12.1 Å². The lowest BCUT2D eigenvalue weighted by Crippen LogP contribution is -1.96. The number of aldehydes is 1. The average Bonchev–Trinajstić information content (AvgIpc) is 2.09. The van der Waals surface area contributed by atoms with Gasteiger partial charge in [-0.15, -0.1) is 0 Å². The number of rotatable bonds is 2. The minimum Gasteiger partial charge on any atom is -0.496 e. The van der Waals surface area contributed by atoms with Crippen molar-refractivity contribution in [1.82, 2.24) is 0 Å². The van der Waals surface area contributed by atoms with Crippen molar-refractivity contribution in [3.8, 4) is 5.75 Å². The molecule has 64 valence electrons. The average molecular weight is 280 g/mol. The molecule has 0 aliphatic rings. The Morgan fingerprint density at radius 1 is 1.58 bits per heavy atom. The lowest BCUT2D eigenvalue weighted by atomic mass is 10.2. The van der Waals surface area contributed by atoms with E-state index in [2.05, 4.69) is 0 Å². The number of carbonyl (C=O) groups excluding carboxylic acids is 1. The Hall–Kier alpha value is -0.650. The molecule has 0 fully saturated rings.